The van der Waals surface area contributed by atoms with Gasteiger partial charge in [0, 0.05) is 63.7 Å². The molecule has 0 radical (unpaired) electrons. The van der Waals surface area contributed by atoms with Gasteiger partial charge in [0.2, 0.25) is 11.7 Å². The molecule has 24 heteroatoms. The Morgan fingerprint density at radius 1 is 0.646 bits per heavy atom. The third-order valence-corrected chi connectivity index (χ3v) is 16.1. The number of rotatable bonds is 6. The topological polar surface area (TPSA) is 382 Å². The van der Waals surface area contributed by atoms with Crippen LogP contribution >= 0.6 is 0 Å². The largest absolute Gasteiger partial charge is 0.462 e. The summed E-state index contributed by atoms with van der Waals surface area (Å²) in [6.45, 7) is 7.20. The van der Waals surface area contributed by atoms with E-state index < -0.39 is 184 Å². The molecule has 4 fully saturated rings. The van der Waals surface area contributed by atoms with E-state index in [0.717, 1.165) is 0 Å². The molecule has 23 atom stereocenters. The molecule has 1 amide bonds. The maximum absolute atomic E-state index is 14.5. The molecule has 0 aliphatic carbocycles. The molecule has 5 heterocycles. The number of hydrogen-bond donors (Lipinski definition) is 15. The molecule has 5 aliphatic rings. The van der Waals surface area contributed by atoms with E-state index in [2.05, 4.69) is 5.32 Å². The highest BCUT2D eigenvalue weighted by Gasteiger charge is 2.53. The number of hydrogen-bond acceptors (Lipinski definition) is 23. The molecule has 2 bridgehead atoms. The van der Waals surface area contributed by atoms with Gasteiger partial charge in [0.15, 0.2) is 12.1 Å². The minimum atomic E-state index is -2.46. The first-order valence-electron chi connectivity index (χ1n) is 28.5. The average molecular weight is 1170 g/mol. The van der Waals surface area contributed by atoms with Gasteiger partial charge in [-0.15, -0.1) is 0 Å². The highest BCUT2D eigenvalue weighted by Crippen LogP contribution is 2.39. The summed E-state index contributed by atoms with van der Waals surface area (Å²) in [6, 6.07) is -1.33. The molecular formula is C58H93N3O21. The van der Waals surface area contributed by atoms with Gasteiger partial charge in [-0.2, -0.15) is 0 Å². The van der Waals surface area contributed by atoms with Gasteiger partial charge >= 0.3 is 5.97 Å². The molecule has 3 unspecified atom stereocenters. The predicted molar refractivity (Wildman–Crippen MR) is 296 cm³/mol. The number of aliphatic hydroxyl groups excluding tert-OH is 12. The molecule has 0 aromatic rings. The van der Waals surface area contributed by atoms with Crippen LogP contribution in [0.4, 0.5) is 0 Å². The number of nitrogens with one attached hydrogen (secondary N) is 1. The lowest BCUT2D eigenvalue weighted by Crippen LogP contribution is -2.69. The van der Waals surface area contributed by atoms with Crippen LogP contribution < -0.4 is 5.32 Å². The van der Waals surface area contributed by atoms with Gasteiger partial charge in [-0.3, -0.25) is 9.59 Å². The number of likely N-dealkylation sites (N-methyl/N-ethyl adjacent to an activating group) is 1. The van der Waals surface area contributed by atoms with Crippen molar-refractivity contribution in [3.63, 3.8) is 0 Å². The molecule has 5 rings (SSSR count). The van der Waals surface area contributed by atoms with E-state index in [1.165, 1.54) is 6.92 Å². The Bertz CT molecular complexity index is 2170. The zero-order chi connectivity index (χ0) is 60.5. The Labute approximate surface area is 480 Å². The van der Waals surface area contributed by atoms with Crippen molar-refractivity contribution in [2.75, 3.05) is 46.4 Å². The second kappa shape index (κ2) is 32.7. The second-order valence-corrected chi connectivity index (χ2v) is 22.8. The van der Waals surface area contributed by atoms with Crippen molar-refractivity contribution in [3.05, 3.63) is 85.1 Å². The van der Waals surface area contributed by atoms with Crippen LogP contribution in [0.1, 0.15) is 79.1 Å². The fourth-order valence-electron chi connectivity index (χ4n) is 10.7. The van der Waals surface area contributed by atoms with Crippen molar-refractivity contribution in [2.45, 2.75) is 201 Å². The maximum atomic E-state index is 14.5. The number of amides is 1. The Hall–Kier alpha value is -3.68. The predicted octanol–water partition coefficient (Wildman–Crippen LogP) is -2.17. The third-order valence-electron chi connectivity index (χ3n) is 16.1. The molecule has 4 saturated heterocycles. The van der Waals surface area contributed by atoms with Crippen LogP contribution in [0.2, 0.25) is 0 Å². The summed E-state index contributed by atoms with van der Waals surface area (Å²) in [7, 11) is 1.90. The average Bonchev–Trinajstić information content (AvgIpc) is 2.43. The van der Waals surface area contributed by atoms with Crippen molar-refractivity contribution in [1.82, 2.24) is 15.1 Å². The Morgan fingerprint density at radius 2 is 1.24 bits per heavy atom. The third kappa shape index (κ3) is 20.5. The smallest absolute Gasteiger partial charge is 0.308 e. The number of nitrogens with zero attached hydrogens (tertiary/aromatic N) is 2. The van der Waals surface area contributed by atoms with Crippen LogP contribution in [0, 0.1) is 17.8 Å². The minimum Gasteiger partial charge on any atom is -0.462 e. The fraction of sp³-hybridized carbons (Fsp3) is 0.724. The normalized spacial score (nSPS) is 42.9. The molecule has 0 aromatic heterocycles. The monoisotopic (exact) mass is 1170 g/mol. The van der Waals surface area contributed by atoms with Crippen molar-refractivity contribution >= 4 is 11.9 Å². The van der Waals surface area contributed by atoms with E-state index >= 15 is 0 Å². The lowest BCUT2D eigenvalue weighted by molar-refractivity contribution is -0.323. The number of piperazine rings is 1. The van der Waals surface area contributed by atoms with Gasteiger partial charge in [0.1, 0.15) is 30.5 Å². The summed E-state index contributed by atoms with van der Waals surface area (Å²) >= 11 is 0. The van der Waals surface area contributed by atoms with Crippen molar-refractivity contribution in [1.29, 1.82) is 0 Å². The Balaban J connectivity index is 1.43. The number of carbonyl (C=O) groups is 2. The van der Waals surface area contributed by atoms with E-state index in [9.17, 15) is 81.1 Å². The first-order chi connectivity index (χ1) is 38.7. The molecule has 15 N–H and O–H groups in total. The van der Waals surface area contributed by atoms with Crippen LogP contribution in [-0.4, -0.2) is 261 Å². The first kappa shape index (κ1) is 69.1. The SMILES string of the molecule is C[C@@H]1[C@H](O)[C@@H](C)C=CC=CC=CC=CC=CC=CC=C[C@H](OC2O[C@H](C)[C@@H](O)[C@H](NC[C@@]3(O)OC[C@@H](O)[C@@H](O)[C@@H]3O)[C@@H]2O)CC2O[C@](O)(C[C@@H](O)C[C@@H](O)[C@H](O)CC[C@@H](O)C[C@@H](O)CC(=O)O[C@H]1C)C[C@H](O)C2C(=O)N1CCN(C)CC1. The van der Waals surface area contributed by atoms with Crippen LogP contribution in [-0.2, 0) is 33.3 Å². The molecular weight excluding hydrogens is 1070 g/mol. The van der Waals surface area contributed by atoms with Crippen molar-refractivity contribution < 1.29 is 105 Å². The van der Waals surface area contributed by atoms with E-state index in [4.69, 9.17) is 23.7 Å². The summed E-state index contributed by atoms with van der Waals surface area (Å²) in [5.41, 5.74) is 0. The van der Waals surface area contributed by atoms with Gasteiger partial charge in [-0.05, 0) is 40.2 Å². The number of fused-ring (bicyclic) bond motifs is 2. The lowest BCUT2D eigenvalue weighted by atomic mass is 9.81. The Kier molecular flexibility index (Phi) is 27.6. The molecule has 466 valence electrons. The minimum absolute atomic E-state index is 0.124. The summed E-state index contributed by atoms with van der Waals surface area (Å²) in [5, 5.41) is 157. The van der Waals surface area contributed by atoms with Crippen LogP contribution in [0.3, 0.4) is 0 Å². The highest BCUT2D eigenvalue weighted by atomic mass is 16.7. The number of ether oxygens (including phenoxy) is 5. The van der Waals surface area contributed by atoms with Gasteiger partial charge in [0.25, 0.3) is 0 Å². The summed E-state index contributed by atoms with van der Waals surface area (Å²) in [4.78, 5) is 30.9. The Morgan fingerprint density at radius 3 is 1.87 bits per heavy atom. The molecule has 0 aromatic carbocycles. The van der Waals surface area contributed by atoms with Crippen molar-refractivity contribution in [3.8, 4) is 0 Å². The second-order valence-electron chi connectivity index (χ2n) is 22.8. The maximum Gasteiger partial charge on any atom is 0.308 e. The van der Waals surface area contributed by atoms with Gasteiger partial charge in [-0.25, -0.2) is 0 Å². The molecule has 0 saturated carbocycles. The zero-order valence-corrected chi connectivity index (χ0v) is 47.6. The number of esters is 1. The number of cyclic esters (lactones) is 1. The van der Waals surface area contributed by atoms with Crippen LogP contribution in [0.25, 0.3) is 0 Å². The zero-order valence-electron chi connectivity index (χ0n) is 47.6. The van der Waals surface area contributed by atoms with Gasteiger partial charge in [-0.1, -0.05) is 98.9 Å². The van der Waals surface area contributed by atoms with Crippen LogP contribution in [0.15, 0.2) is 85.1 Å². The molecule has 5 aliphatic heterocycles. The fourth-order valence-corrected chi connectivity index (χ4v) is 10.7. The van der Waals surface area contributed by atoms with Gasteiger partial charge < -0.3 is 110 Å². The first-order valence-corrected chi connectivity index (χ1v) is 28.5. The van der Waals surface area contributed by atoms with E-state index in [0.29, 0.717) is 26.2 Å². The number of allylic oxidation sites excluding steroid dienone is 12. The highest BCUT2D eigenvalue weighted by molar-refractivity contribution is 5.80. The summed E-state index contributed by atoms with van der Waals surface area (Å²) in [5.74, 6) is -8.12. The van der Waals surface area contributed by atoms with E-state index in [1.807, 2.05) is 24.9 Å². The van der Waals surface area contributed by atoms with Crippen LogP contribution in [0.5, 0.6) is 0 Å². The van der Waals surface area contributed by atoms with Gasteiger partial charge in [0.05, 0.1) is 98.7 Å². The standard InChI is InChI=1S/C58H93N3O21/c1-34-18-16-14-12-10-8-6-7-9-11-13-15-17-19-41(81-56-53(73)49(51(71)37(4)80-56)59-33-58(77)54(74)52(72)45(68)32-78-58)29-46-48(55(75)61-24-22-60(5)23-25-61)44(67)31-57(76,82-46)30-40(64)27-43(66)42(65)21-20-38(62)26-39(63)28-47(69)79-36(3)35(2)50(34)70/h6-19,34-46,48-54,56,59,62-68,70-74,76-77H,20-33H2,1-5H3/t34-,35-,36-,37+,38+,39+,40-,41-,42+,43+,44-,45+,46?,48?,49-,50+,51+,52+,53-,54-,56?,57+,58+/m0/s1. The van der Waals surface area contributed by atoms with Crippen molar-refractivity contribution in [2.24, 2.45) is 17.8 Å². The quantitative estimate of drug-likeness (QED) is 0.126. The number of aliphatic hydroxyl groups is 14. The summed E-state index contributed by atoms with van der Waals surface area (Å²) < 4.78 is 29.6. The lowest BCUT2D eigenvalue weighted by Gasteiger charge is -2.48. The molecule has 0 spiro atoms. The number of carbonyl (C=O) groups excluding carboxylic acids is 2. The summed E-state index contributed by atoms with van der Waals surface area (Å²) in [6.07, 6.45) is -2.63. The van der Waals surface area contributed by atoms with E-state index in [-0.39, 0.29) is 31.6 Å². The molecule has 82 heavy (non-hydrogen) atoms. The van der Waals surface area contributed by atoms with E-state index in [1.54, 1.807) is 97.7 Å². The molecule has 24 nitrogen and oxygen atoms in total.